The van der Waals surface area contributed by atoms with Crippen LogP contribution in [0, 0.1) is 6.92 Å². The van der Waals surface area contributed by atoms with Crippen molar-refractivity contribution in [2.24, 2.45) is 0 Å². The van der Waals surface area contributed by atoms with Crippen LogP contribution in [-0.4, -0.2) is 28.4 Å². The van der Waals surface area contributed by atoms with Crippen molar-refractivity contribution in [3.63, 3.8) is 0 Å². The summed E-state index contributed by atoms with van der Waals surface area (Å²) in [4.78, 5) is 12.0. The number of aromatic nitrogens is 2. The molecule has 0 saturated heterocycles. The molecule has 22 heavy (non-hydrogen) atoms. The predicted molar refractivity (Wildman–Crippen MR) is 96.9 cm³/mol. The van der Waals surface area contributed by atoms with E-state index < -0.39 is 0 Å². The maximum Gasteiger partial charge on any atom is 0.234 e. The lowest BCUT2D eigenvalue weighted by Crippen LogP contribution is -2.14. The largest absolute Gasteiger partial charge is 0.360 e. The number of hydrogen-bond donors (Lipinski definition) is 2. The average molecular weight is 401 g/mol. The molecule has 0 saturated carbocycles. The molecule has 5 nitrogen and oxygen atoms in total. The van der Waals surface area contributed by atoms with Crippen LogP contribution in [0.2, 0.25) is 0 Å². The summed E-state index contributed by atoms with van der Waals surface area (Å²) in [5.41, 5.74) is 1.92. The highest BCUT2D eigenvalue weighted by Crippen LogP contribution is 2.27. The summed E-state index contributed by atoms with van der Waals surface area (Å²) in [5, 5.41) is 15.0. The molecule has 2 rings (SSSR count). The van der Waals surface area contributed by atoms with Crippen molar-refractivity contribution >= 4 is 55.8 Å². The number of hydrogen-bond acceptors (Lipinski definition) is 6. The van der Waals surface area contributed by atoms with Crippen LogP contribution in [-0.2, 0) is 4.79 Å². The van der Waals surface area contributed by atoms with E-state index in [2.05, 4.69) is 43.7 Å². The van der Waals surface area contributed by atoms with Gasteiger partial charge in [-0.1, -0.05) is 36.1 Å². The third kappa shape index (κ3) is 5.26. The predicted octanol–water partition coefficient (Wildman–Crippen LogP) is 4.16. The number of amides is 1. The fourth-order valence-corrected chi connectivity index (χ4v) is 3.78. The molecule has 0 aliphatic carbocycles. The Morgan fingerprint density at radius 2 is 2.23 bits per heavy atom. The van der Waals surface area contributed by atoms with Gasteiger partial charge in [0.2, 0.25) is 11.0 Å². The standard InChI is InChI=1S/C14H17BrN4OS2/c1-3-6-16-13-18-19-14(22-13)21-8-12(20)17-11-5-4-9(2)7-10(11)15/h4-5,7H,3,6,8H2,1-2H3,(H,16,18)(H,17,20). The molecule has 0 radical (unpaired) electrons. The minimum Gasteiger partial charge on any atom is -0.360 e. The first kappa shape index (κ1) is 17.2. The number of carbonyl (C=O) groups excluding carboxylic acids is 1. The first-order valence-electron chi connectivity index (χ1n) is 6.84. The molecule has 0 aliphatic rings. The number of aryl methyl sites for hydroxylation is 1. The van der Waals surface area contributed by atoms with E-state index in [0.29, 0.717) is 5.75 Å². The van der Waals surface area contributed by atoms with Gasteiger partial charge in [0.05, 0.1) is 11.4 Å². The molecule has 8 heteroatoms. The summed E-state index contributed by atoms with van der Waals surface area (Å²) in [6, 6.07) is 5.82. The molecule has 2 N–H and O–H groups in total. The van der Waals surface area contributed by atoms with Crippen LogP contribution >= 0.6 is 39.0 Å². The van der Waals surface area contributed by atoms with Gasteiger partial charge in [0.1, 0.15) is 0 Å². The van der Waals surface area contributed by atoms with Crippen molar-refractivity contribution in [1.82, 2.24) is 10.2 Å². The van der Waals surface area contributed by atoms with Crippen molar-refractivity contribution in [3.05, 3.63) is 28.2 Å². The number of nitrogens with one attached hydrogen (secondary N) is 2. The van der Waals surface area contributed by atoms with Crippen LogP contribution in [0.1, 0.15) is 18.9 Å². The molecule has 0 bridgehead atoms. The molecule has 1 heterocycles. The SMILES string of the molecule is CCCNc1nnc(SCC(=O)Nc2ccc(C)cc2Br)s1. The first-order valence-corrected chi connectivity index (χ1v) is 9.44. The third-order valence-corrected chi connectivity index (χ3v) is 5.33. The number of halogens is 1. The van der Waals surface area contributed by atoms with E-state index >= 15 is 0 Å². The second kappa shape index (κ2) is 8.50. The summed E-state index contributed by atoms with van der Waals surface area (Å²) in [7, 11) is 0. The zero-order chi connectivity index (χ0) is 15.9. The van der Waals surface area contributed by atoms with Crippen LogP contribution < -0.4 is 10.6 Å². The van der Waals surface area contributed by atoms with Gasteiger partial charge in [-0.05, 0) is 47.0 Å². The smallest absolute Gasteiger partial charge is 0.234 e. The maximum absolute atomic E-state index is 12.0. The lowest BCUT2D eigenvalue weighted by atomic mass is 10.2. The zero-order valence-electron chi connectivity index (χ0n) is 12.4. The van der Waals surface area contributed by atoms with E-state index in [4.69, 9.17) is 0 Å². The third-order valence-electron chi connectivity index (χ3n) is 2.66. The van der Waals surface area contributed by atoms with Gasteiger partial charge in [-0.3, -0.25) is 4.79 Å². The minimum absolute atomic E-state index is 0.0622. The van der Waals surface area contributed by atoms with Gasteiger partial charge >= 0.3 is 0 Å². The minimum atomic E-state index is -0.0622. The highest BCUT2D eigenvalue weighted by Gasteiger charge is 2.09. The lowest BCUT2D eigenvalue weighted by Gasteiger charge is -2.07. The van der Waals surface area contributed by atoms with Gasteiger partial charge in [0.25, 0.3) is 0 Å². The Kier molecular flexibility index (Phi) is 6.66. The summed E-state index contributed by atoms with van der Waals surface area (Å²) >= 11 is 6.30. The van der Waals surface area contributed by atoms with Crippen molar-refractivity contribution < 1.29 is 4.79 Å². The molecular weight excluding hydrogens is 384 g/mol. The van der Waals surface area contributed by atoms with Crippen molar-refractivity contribution in [3.8, 4) is 0 Å². The quantitative estimate of drug-likeness (QED) is 0.682. The Bertz CT molecular complexity index is 648. The molecule has 1 aromatic carbocycles. The number of nitrogens with zero attached hydrogens (tertiary/aromatic N) is 2. The zero-order valence-corrected chi connectivity index (χ0v) is 15.6. The Hall–Kier alpha value is -1.12. The highest BCUT2D eigenvalue weighted by molar-refractivity contribution is 9.10. The number of benzene rings is 1. The van der Waals surface area contributed by atoms with E-state index in [-0.39, 0.29) is 5.91 Å². The number of carbonyl (C=O) groups is 1. The van der Waals surface area contributed by atoms with Crippen molar-refractivity contribution in [2.45, 2.75) is 24.6 Å². The van der Waals surface area contributed by atoms with Gasteiger partial charge in [-0.2, -0.15) is 0 Å². The molecule has 0 fully saturated rings. The molecule has 0 spiro atoms. The Labute approximate surface area is 146 Å². The molecule has 1 amide bonds. The van der Waals surface area contributed by atoms with Crippen LogP contribution in [0.15, 0.2) is 27.0 Å². The van der Waals surface area contributed by atoms with Gasteiger partial charge < -0.3 is 10.6 Å². The maximum atomic E-state index is 12.0. The second-order valence-electron chi connectivity index (χ2n) is 4.62. The van der Waals surface area contributed by atoms with Gasteiger partial charge in [0, 0.05) is 11.0 Å². The molecule has 0 aliphatic heterocycles. The van der Waals surface area contributed by atoms with Crippen LogP contribution in [0.25, 0.3) is 0 Å². The molecule has 0 atom stereocenters. The fraction of sp³-hybridized carbons (Fsp3) is 0.357. The number of rotatable bonds is 7. The first-order chi connectivity index (χ1) is 10.6. The second-order valence-corrected chi connectivity index (χ2v) is 7.67. The molecule has 118 valence electrons. The molecular formula is C14H17BrN4OS2. The number of anilines is 2. The molecule has 2 aromatic rings. The Morgan fingerprint density at radius 1 is 1.41 bits per heavy atom. The van der Waals surface area contributed by atoms with Gasteiger partial charge in [-0.25, -0.2) is 0 Å². The molecule has 1 aromatic heterocycles. The van der Waals surface area contributed by atoms with Crippen LogP contribution in [0.3, 0.4) is 0 Å². The normalized spacial score (nSPS) is 10.5. The van der Waals surface area contributed by atoms with E-state index in [0.717, 1.165) is 38.2 Å². The topological polar surface area (TPSA) is 66.9 Å². The summed E-state index contributed by atoms with van der Waals surface area (Å²) < 4.78 is 1.67. The lowest BCUT2D eigenvalue weighted by molar-refractivity contribution is -0.113. The highest BCUT2D eigenvalue weighted by atomic mass is 79.9. The van der Waals surface area contributed by atoms with E-state index in [1.165, 1.54) is 23.1 Å². The van der Waals surface area contributed by atoms with Crippen LogP contribution in [0.4, 0.5) is 10.8 Å². The van der Waals surface area contributed by atoms with E-state index in [1.54, 1.807) is 0 Å². The average Bonchev–Trinajstić information content (AvgIpc) is 2.94. The van der Waals surface area contributed by atoms with E-state index in [9.17, 15) is 4.79 Å². The Morgan fingerprint density at radius 3 is 2.95 bits per heavy atom. The van der Waals surface area contributed by atoms with Gasteiger partial charge in [-0.15, -0.1) is 10.2 Å². The number of thioether (sulfide) groups is 1. The van der Waals surface area contributed by atoms with Crippen molar-refractivity contribution in [1.29, 1.82) is 0 Å². The Balaban J connectivity index is 1.83. The van der Waals surface area contributed by atoms with Crippen molar-refractivity contribution in [2.75, 3.05) is 22.9 Å². The summed E-state index contributed by atoms with van der Waals surface area (Å²) in [6.45, 7) is 4.98. The van der Waals surface area contributed by atoms with E-state index in [1.807, 2.05) is 25.1 Å². The summed E-state index contributed by atoms with van der Waals surface area (Å²) in [6.07, 6.45) is 1.04. The summed E-state index contributed by atoms with van der Waals surface area (Å²) in [5.74, 6) is 0.246. The van der Waals surface area contributed by atoms with Gasteiger partial charge in [0.15, 0.2) is 4.34 Å². The monoisotopic (exact) mass is 400 g/mol. The molecule has 0 unspecified atom stereocenters. The fourth-order valence-electron chi connectivity index (χ4n) is 1.61. The van der Waals surface area contributed by atoms with Crippen LogP contribution in [0.5, 0.6) is 0 Å².